The third kappa shape index (κ3) is 1.46. The summed E-state index contributed by atoms with van der Waals surface area (Å²) in [5.41, 5.74) is 4.75. The smallest absolute Gasteiger partial charge is 0.223 e. The summed E-state index contributed by atoms with van der Waals surface area (Å²) in [4.78, 5) is 0. The van der Waals surface area contributed by atoms with Crippen LogP contribution in [0.25, 0.3) is 21.9 Å². The fraction of sp³-hybridized carbons (Fsp3) is 0.200. The predicted molar refractivity (Wildman–Crippen MR) is 86.7 cm³/mol. The zero-order chi connectivity index (χ0) is 14.6. The Kier molecular flexibility index (Phi) is 2.49. The molecule has 1 saturated heterocycles. The molecule has 0 N–H and O–H groups in total. The lowest BCUT2D eigenvalue weighted by molar-refractivity contribution is -0.248. The van der Waals surface area contributed by atoms with E-state index in [-0.39, 0.29) is 0 Å². The minimum absolute atomic E-state index is 0.729. The maximum absolute atomic E-state index is 6.26. The molecule has 0 bridgehead atoms. The molecule has 0 amide bonds. The first-order valence-corrected chi connectivity index (χ1v) is 7.80. The Balaban J connectivity index is 1.97. The van der Waals surface area contributed by atoms with Gasteiger partial charge in [-0.3, -0.25) is 0 Å². The summed E-state index contributed by atoms with van der Waals surface area (Å²) < 4.78 is 12.5. The van der Waals surface area contributed by atoms with E-state index in [0.29, 0.717) is 0 Å². The minimum atomic E-state index is -0.747. The Morgan fingerprint density at radius 1 is 0.682 bits per heavy atom. The summed E-state index contributed by atoms with van der Waals surface area (Å²) in [5.74, 6) is -0.747. The van der Waals surface area contributed by atoms with Gasteiger partial charge in [0.1, 0.15) is 0 Å². The summed E-state index contributed by atoms with van der Waals surface area (Å²) in [6.45, 7) is 1.46. The molecule has 22 heavy (non-hydrogen) atoms. The lowest BCUT2D eigenvalue weighted by Gasteiger charge is -2.42. The average molecular weight is 288 g/mol. The van der Waals surface area contributed by atoms with E-state index in [9.17, 15) is 0 Å². The van der Waals surface area contributed by atoms with Gasteiger partial charge in [0.2, 0.25) is 5.79 Å². The molecule has 2 heteroatoms. The molecule has 0 atom stereocenters. The number of hydrogen-bond acceptors (Lipinski definition) is 2. The van der Waals surface area contributed by atoms with E-state index in [1.807, 2.05) is 0 Å². The SMILES string of the molecule is c1ccc2c(c1)-c1cccc3cccc(c13)C21OCCCO1. The van der Waals surface area contributed by atoms with Crippen LogP contribution in [0, 0.1) is 0 Å². The van der Waals surface area contributed by atoms with Crippen LogP contribution in [0.2, 0.25) is 0 Å². The van der Waals surface area contributed by atoms with Crippen molar-refractivity contribution in [2.45, 2.75) is 12.2 Å². The monoisotopic (exact) mass is 288 g/mol. The lowest BCUT2D eigenvalue weighted by Crippen LogP contribution is -2.41. The third-order valence-corrected chi connectivity index (χ3v) is 4.73. The number of hydrogen-bond donors (Lipinski definition) is 0. The molecule has 0 unspecified atom stereocenters. The van der Waals surface area contributed by atoms with Crippen molar-refractivity contribution in [1.29, 1.82) is 0 Å². The highest BCUT2D eigenvalue weighted by atomic mass is 16.7. The van der Waals surface area contributed by atoms with Gasteiger partial charge < -0.3 is 9.47 Å². The Hall–Kier alpha value is -2.16. The van der Waals surface area contributed by atoms with E-state index in [0.717, 1.165) is 30.8 Å². The summed E-state index contributed by atoms with van der Waals surface area (Å²) in [6.07, 6.45) is 0.946. The van der Waals surface area contributed by atoms with Gasteiger partial charge in [-0.1, -0.05) is 60.7 Å². The molecule has 1 aliphatic carbocycles. The van der Waals surface area contributed by atoms with Crippen LogP contribution >= 0.6 is 0 Å². The Labute approximate surface area is 129 Å². The highest BCUT2D eigenvalue weighted by Crippen LogP contribution is 2.50. The summed E-state index contributed by atoms with van der Waals surface area (Å²) in [6, 6.07) is 21.3. The number of rotatable bonds is 0. The van der Waals surface area contributed by atoms with Crippen LogP contribution in [0.4, 0.5) is 0 Å². The fourth-order valence-electron chi connectivity index (χ4n) is 3.83. The molecule has 1 fully saturated rings. The van der Waals surface area contributed by atoms with E-state index >= 15 is 0 Å². The van der Waals surface area contributed by atoms with Gasteiger partial charge >= 0.3 is 0 Å². The van der Waals surface area contributed by atoms with Crippen molar-refractivity contribution < 1.29 is 9.47 Å². The molecular weight excluding hydrogens is 272 g/mol. The number of fused-ring (bicyclic) bond motifs is 4. The zero-order valence-electron chi connectivity index (χ0n) is 12.2. The quantitative estimate of drug-likeness (QED) is 0.608. The maximum Gasteiger partial charge on any atom is 0.223 e. The van der Waals surface area contributed by atoms with E-state index < -0.39 is 5.79 Å². The van der Waals surface area contributed by atoms with E-state index in [4.69, 9.17) is 9.47 Å². The molecule has 5 rings (SSSR count). The minimum Gasteiger partial charge on any atom is -0.342 e. The predicted octanol–water partition coefficient (Wildman–Crippen LogP) is 4.46. The first kappa shape index (κ1) is 12.4. The van der Waals surface area contributed by atoms with Crippen LogP contribution in [-0.2, 0) is 15.3 Å². The molecule has 0 radical (unpaired) electrons. The fourth-order valence-corrected chi connectivity index (χ4v) is 3.83. The van der Waals surface area contributed by atoms with Gasteiger partial charge in [0.25, 0.3) is 0 Å². The maximum atomic E-state index is 6.26. The van der Waals surface area contributed by atoms with Crippen molar-refractivity contribution in [3.63, 3.8) is 0 Å². The second-order valence-electron chi connectivity index (χ2n) is 5.92. The molecule has 3 aromatic carbocycles. The van der Waals surface area contributed by atoms with Crippen LogP contribution in [0.3, 0.4) is 0 Å². The molecule has 0 saturated carbocycles. The third-order valence-electron chi connectivity index (χ3n) is 4.73. The van der Waals surface area contributed by atoms with Crippen LogP contribution in [0.15, 0.2) is 60.7 Å². The van der Waals surface area contributed by atoms with Gasteiger partial charge in [-0.25, -0.2) is 0 Å². The largest absolute Gasteiger partial charge is 0.342 e. The van der Waals surface area contributed by atoms with Crippen molar-refractivity contribution in [3.8, 4) is 11.1 Å². The normalized spacial score (nSPS) is 18.4. The topological polar surface area (TPSA) is 18.5 Å². The van der Waals surface area contributed by atoms with E-state index in [1.54, 1.807) is 0 Å². The molecule has 1 spiro atoms. The molecule has 1 aliphatic heterocycles. The molecular formula is C20H16O2. The van der Waals surface area contributed by atoms with Crippen molar-refractivity contribution in [3.05, 3.63) is 71.8 Å². The highest BCUT2D eigenvalue weighted by Gasteiger charge is 2.44. The van der Waals surface area contributed by atoms with Crippen LogP contribution in [0.5, 0.6) is 0 Å². The summed E-state index contributed by atoms with van der Waals surface area (Å²) in [5, 5.41) is 2.49. The number of benzene rings is 3. The Morgan fingerprint density at radius 2 is 1.36 bits per heavy atom. The Bertz CT molecular complexity index is 871. The van der Waals surface area contributed by atoms with Crippen molar-refractivity contribution in [2.75, 3.05) is 13.2 Å². The summed E-state index contributed by atoms with van der Waals surface area (Å²) in [7, 11) is 0. The molecule has 2 nitrogen and oxygen atoms in total. The van der Waals surface area contributed by atoms with Crippen LogP contribution in [0.1, 0.15) is 17.5 Å². The highest BCUT2D eigenvalue weighted by molar-refractivity contribution is 6.02. The van der Waals surface area contributed by atoms with Crippen LogP contribution < -0.4 is 0 Å². The van der Waals surface area contributed by atoms with Crippen molar-refractivity contribution in [1.82, 2.24) is 0 Å². The van der Waals surface area contributed by atoms with Gasteiger partial charge in [-0.2, -0.15) is 0 Å². The molecule has 108 valence electrons. The first-order chi connectivity index (χ1) is 10.9. The summed E-state index contributed by atoms with van der Waals surface area (Å²) >= 11 is 0. The molecule has 0 aromatic heterocycles. The van der Waals surface area contributed by atoms with Gasteiger partial charge in [0, 0.05) is 11.1 Å². The van der Waals surface area contributed by atoms with E-state index in [1.165, 1.54) is 21.9 Å². The molecule has 2 aliphatic rings. The standard InChI is InChI=1S/C20H16O2/c1-2-10-17-15(8-1)16-9-3-6-14-7-4-11-18(19(14)16)20(17)21-12-5-13-22-20/h1-4,6-11H,5,12-13H2. The average Bonchev–Trinajstić information content (AvgIpc) is 2.61. The second kappa shape index (κ2) is 4.42. The van der Waals surface area contributed by atoms with E-state index in [2.05, 4.69) is 60.7 Å². The Morgan fingerprint density at radius 3 is 2.23 bits per heavy atom. The number of ether oxygens (including phenoxy) is 2. The van der Waals surface area contributed by atoms with Crippen LogP contribution in [-0.4, -0.2) is 13.2 Å². The van der Waals surface area contributed by atoms with Gasteiger partial charge in [0.15, 0.2) is 0 Å². The van der Waals surface area contributed by atoms with Crippen molar-refractivity contribution >= 4 is 10.8 Å². The first-order valence-electron chi connectivity index (χ1n) is 7.80. The molecule has 1 heterocycles. The van der Waals surface area contributed by atoms with Gasteiger partial charge in [0.05, 0.1) is 13.2 Å². The van der Waals surface area contributed by atoms with Gasteiger partial charge in [-0.15, -0.1) is 0 Å². The zero-order valence-corrected chi connectivity index (χ0v) is 12.2. The second-order valence-corrected chi connectivity index (χ2v) is 5.92. The van der Waals surface area contributed by atoms with Gasteiger partial charge in [-0.05, 0) is 28.3 Å². The molecule has 3 aromatic rings. The van der Waals surface area contributed by atoms with Crippen molar-refractivity contribution in [2.24, 2.45) is 0 Å². The lowest BCUT2D eigenvalue weighted by atomic mass is 9.79.